The molecule has 170 valence electrons. The second-order valence-corrected chi connectivity index (χ2v) is 10.8. The molecule has 0 aliphatic heterocycles. The van der Waals surface area contributed by atoms with Crippen LogP contribution in [0.5, 0.6) is 0 Å². The standard InChI is InChI=1S/C34H26Si2/c1-5-13-27(14-6-1)33(28-15-7-2-8-16-28)25-35-31-21-23-32(24-22-31)36-26-34(29-17-9-3-10-18-29)30-19-11-4-12-20-30/h1-26H. The van der Waals surface area contributed by atoms with Gasteiger partial charge in [-0.2, -0.15) is 0 Å². The van der Waals surface area contributed by atoms with Crippen molar-refractivity contribution in [1.29, 1.82) is 0 Å². The van der Waals surface area contributed by atoms with Gasteiger partial charge in [0.1, 0.15) is 19.0 Å². The lowest BCUT2D eigenvalue weighted by molar-refractivity contribution is 1.55. The Kier molecular flexibility index (Phi) is 7.99. The van der Waals surface area contributed by atoms with Crippen LogP contribution in [0.4, 0.5) is 0 Å². The van der Waals surface area contributed by atoms with Gasteiger partial charge in [-0.05, 0) is 33.4 Å². The molecule has 36 heavy (non-hydrogen) atoms. The van der Waals surface area contributed by atoms with Gasteiger partial charge in [-0.1, -0.05) is 167 Å². The van der Waals surface area contributed by atoms with Gasteiger partial charge in [0, 0.05) is 0 Å². The molecule has 0 saturated heterocycles. The maximum Gasteiger partial charge on any atom is 0.112 e. The van der Waals surface area contributed by atoms with Gasteiger partial charge in [0.25, 0.3) is 0 Å². The quantitative estimate of drug-likeness (QED) is 0.217. The van der Waals surface area contributed by atoms with Crippen molar-refractivity contribution in [3.05, 3.63) is 179 Å². The van der Waals surface area contributed by atoms with Crippen molar-refractivity contribution in [3.8, 4) is 0 Å². The molecule has 0 nitrogen and oxygen atoms in total. The highest BCUT2D eigenvalue weighted by Crippen LogP contribution is 2.23. The summed E-state index contributed by atoms with van der Waals surface area (Å²) < 4.78 is 0. The lowest BCUT2D eigenvalue weighted by Gasteiger charge is -2.09. The summed E-state index contributed by atoms with van der Waals surface area (Å²) in [6.45, 7) is 0. The molecule has 0 saturated carbocycles. The van der Waals surface area contributed by atoms with Crippen molar-refractivity contribution >= 4 is 40.6 Å². The van der Waals surface area contributed by atoms with E-state index in [0.29, 0.717) is 19.0 Å². The van der Waals surface area contributed by atoms with Crippen molar-refractivity contribution < 1.29 is 0 Å². The lowest BCUT2D eigenvalue weighted by atomic mass is 10.00. The van der Waals surface area contributed by atoms with Crippen LogP contribution >= 0.6 is 0 Å². The van der Waals surface area contributed by atoms with Crippen LogP contribution in [0.2, 0.25) is 0 Å². The summed E-state index contributed by atoms with van der Waals surface area (Å²) >= 11 is 0. The summed E-state index contributed by atoms with van der Waals surface area (Å²) in [5, 5.41) is 2.70. The largest absolute Gasteiger partial charge is 0.112 e. The molecule has 0 aliphatic carbocycles. The molecule has 0 unspecified atom stereocenters. The molecular weight excluding hydrogens is 465 g/mol. The second-order valence-electron chi connectivity index (χ2n) is 8.45. The molecule has 2 heteroatoms. The van der Waals surface area contributed by atoms with Gasteiger partial charge < -0.3 is 0 Å². The first kappa shape index (κ1) is 23.7. The third-order valence-electron chi connectivity index (χ3n) is 5.99. The fraction of sp³-hybridized carbons (Fsp3) is 0. The van der Waals surface area contributed by atoms with Crippen molar-refractivity contribution in [2.75, 3.05) is 0 Å². The van der Waals surface area contributed by atoms with Crippen LogP contribution < -0.4 is 10.4 Å². The highest BCUT2D eigenvalue weighted by Gasteiger charge is 2.06. The average molecular weight is 491 g/mol. The lowest BCUT2D eigenvalue weighted by Crippen LogP contribution is -2.19. The van der Waals surface area contributed by atoms with Gasteiger partial charge in [-0.3, -0.25) is 0 Å². The van der Waals surface area contributed by atoms with E-state index in [-0.39, 0.29) is 0 Å². The number of rotatable bonds is 8. The first-order valence-electron chi connectivity index (χ1n) is 12.1. The van der Waals surface area contributed by atoms with E-state index in [1.807, 2.05) is 0 Å². The second kappa shape index (κ2) is 12.1. The molecule has 0 spiro atoms. The van der Waals surface area contributed by atoms with E-state index in [2.05, 4.69) is 157 Å². The molecule has 4 radical (unpaired) electrons. The first-order chi connectivity index (χ1) is 17.9. The Morgan fingerprint density at radius 2 is 0.583 bits per heavy atom. The Morgan fingerprint density at radius 1 is 0.333 bits per heavy atom. The smallest absolute Gasteiger partial charge is 0.0848 e. The van der Waals surface area contributed by atoms with Gasteiger partial charge in [-0.25, -0.2) is 0 Å². The Hall–Kier alpha value is -3.99. The molecule has 5 rings (SSSR count). The van der Waals surface area contributed by atoms with Crippen LogP contribution in [0.15, 0.2) is 157 Å². The Morgan fingerprint density at radius 3 is 0.833 bits per heavy atom. The van der Waals surface area contributed by atoms with Crippen molar-refractivity contribution in [2.45, 2.75) is 0 Å². The SMILES string of the molecule is C([Si]c1ccc([Si]C=C(c2ccccc2)c2ccccc2)cc1)=C(c1ccccc1)c1ccccc1. The van der Waals surface area contributed by atoms with Crippen LogP contribution in [0.3, 0.4) is 0 Å². The number of benzene rings is 5. The zero-order valence-electron chi connectivity index (χ0n) is 20.0. The summed E-state index contributed by atoms with van der Waals surface area (Å²) in [6.07, 6.45) is 0. The minimum absolute atomic E-state index is 0.610. The molecule has 5 aromatic rings. The summed E-state index contributed by atoms with van der Waals surface area (Å²) in [7, 11) is 1.22. The van der Waals surface area contributed by atoms with E-state index in [0.717, 1.165) is 0 Å². The molecule has 5 aromatic carbocycles. The summed E-state index contributed by atoms with van der Waals surface area (Å²) in [4.78, 5) is 0. The van der Waals surface area contributed by atoms with Gasteiger partial charge in [0.15, 0.2) is 0 Å². The third-order valence-corrected chi connectivity index (χ3v) is 8.19. The van der Waals surface area contributed by atoms with Gasteiger partial charge in [0.2, 0.25) is 0 Å². The average Bonchev–Trinajstić information content (AvgIpc) is 2.96. The summed E-state index contributed by atoms with van der Waals surface area (Å²) in [6, 6.07) is 51.8. The summed E-state index contributed by atoms with van der Waals surface area (Å²) in [5.41, 5.74) is 12.4. The molecule has 0 fully saturated rings. The van der Waals surface area contributed by atoms with E-state index in [1.165, 1.54) is 43.8 Å². The Balaban J connectivity index is 1.35. The van der Waals surface area contributed by atoms with Crippen LogP contribution in [-0.2, 0) is 0 Å². The van der Waals surface area contributed by atoms with E-state index >= 15 is 0 Å². The topological polar surface area (TPSA) is 0 Å². The van der Waals surface area contributed by atoms with Crippen molar-refractivity contribution in [1.82, 2.24) is 0 Å². The highest BCUT2D eigenvalue weighted by atomic mass is 28.2. The van der Waals surface area contributed by atoms with Gasteiger partial charge >= 0.3 is 0 Å². The normalized spacial score (nSPS) is 10.4. The Labute approximate surface area is 219 Å². The molecule has 0 aromatic heterocycles. The molecule has 0 N–H and O–H groups in total. The fourth-order valence-corrected chi connectivity index (χ4v) is 6.12. The fourth-order valence-electron chi connectivity index (χ4n) is 4.11. The van der Waals surface area contributed by atoms with Gasteiger partial charge in [0.05, 0.1) is 0 Å². The van der Waals surface area contributed by atoms with E-state index in [9.17, 15) is 0 Å². The zero-order valence-corrected chi connectivity index (χ0v) is 22.0. The number of hydrogen-bond acceptors (Lipinski definition) is 0. The van der Waals surface area contributed by atoms with Crippen molar-refractivity contribution in [2.24, 2.45) is 0 Å². The third kappa shape index (κ3) is 6.17. The van der Waals surface area contributed by atoms with Crippen LogP contribution in [0.25, 0.3) is 11.1 Å². The predicted molar refractivity (Wildman–Crippen MR) is 157 cm³/mol. The molecule has 0 amide bonds. The van der Waals surface area contributed by atoms with Gasteiger partial charge in [-0.15, -0.1) is 0 Å². The summed E-state index contributed by atoms with van der Waals surface area (Å²) in [5.74, 6) is 0. The minimum Gasteiger partial charge on any atom is -0.0848 e. The zero-order chi connectivity index (χ0) is 24.4. The molecule has 0 bridgehead atoms. The van der Waals surface area contributed by atoms with E-state index in [4.69, 9.17) is 0 Å². The highest BCUT2D eigenvalue weighted by molar-refractivity contribution is 6.62. The van der Waals surface area contributed by atoms with E-state index in [1.54, 1.807) is 0 Å². The maximum atomic E-state index is 2.38. The Bertz CT molecular complexity index is 1220. The minimum atomic E-state index is 0.610. The molecule has 0 atom stereocenters. The maximum absolute atomic E-state index is 2.38. The molecular formula is C34H26Si2. The van der Waals surface area contributed by atoms with Crippen LogP contribution in [0.1, 0.15) is 22.3 Å². The number of hydrogen-bond donors (Lipinski definition) is 0. The van der Waals surface area contributed by atoms with Crippen LogP contribution in [-0.4, -0.2) is 19.0 Å². The first-order valence-corrected chi connectivity index (χ1v) is 14.3. The molecule has 0 aliphatic rings. The van der Waals surface area contributed by atoms with Crippen molar-refractivity contribution in [3.63, 3.8) is 0 Å². The van der Waals surface area contributed by atoms with E-state index < -0.39 is 0 Å². The van der Waals surface area contributed by atoms with Crippen LogP contribution in [0, 0.1) is 0 Å². The molecule has 0 heterocycles. The predicted octanol–water partition coefficient (Wildman–Crippen LogP) is 6.52. The monoisotopic (exact) mass is 490 g/mol.